The molecule has 0 fully saturated rings. The van der Waals surface area contributed by atoms with Crippen LogP contribution in [0.2, 0.25) is 0 Å². The summed E-state index contributed by atoms with van der Waals surface area (Å²) in [4.78, 5) is 0. The molecule has 4 nitrogen and oxygen atoms in total. The first-order valence-electron chi connectivity index (χ1n) is 5.62. The van der Waals surface area contributed by atoms with E-state index in [1.165, 1.54) is 0 Å². The average Bonchev–Trinajstić information content (AvgIpc) is 2.71. The fourth-order valence-electron chi connectivity index (χ4n) is 1.06. The number of nitrogens with one attached hydrogen (secondary N) is 1. The summed E-state index contributed by atoms with van der Waals surface area (Å²) in [6.45, 7) is 5.71. The first-order valence-corrected chi connectivity index (χ1v) is 6.43. The Balaban J connectivity index is 2.18. The minimum atomic E-state index is -4.43. The van der Waals surface area contributed by atoms with E-state index in [0.717, 1.165) is 6.42 Å². The zero-order chi connectivity index (χ0) is 13.6. The molecule has 18 heavy (non-hydrogen) atoms. The second kappa shape index (κ2) is 6.89. The molecule has 0 aliphatic heterocycles. The van der Waals surface area contributed by atoms with Gasteiger partial charge in [-0.2, -0.15) is 13.2 Å². The predicted octanol–water partition coefficient (Wildman–Crippen LogP) is 3.03. The molecule has 0 radical (unpaired) electrons. The zero-order valence-corrected chi connectivity index (χ0v) is 11.1. The van der Waals surface area contributed by atoms with Crippen LogP contribution in [0.25, 0.3) is 0 Å². The van der Waals surface area contributed by atoms with Gasteiger partial charge in [0.05, 0.1) is 6.61 Å². The topological polar surface area (TPSA) is 47.0 Å². The van der Waals surface area contributed by atoms with Gasteiger partial charge in [0, 0.05) is 13.2 Å². The van der Waals surface area contributed by atoms with Crippen molar-refractivity contribution in [3.05, 3.63) is 5.01 Å². The maximum Gasteiger partial charge on any atom is 0.445 e. The highest BCUT2D eigenvalue weighted by Crippen LogP contribution is 2.32. The van der Waals surface area contributed by atoms with E-state index in [1.54, 1.807) is 0 Å². The highest BCUT2D eigenvalue weighted by molar-refractivity contribution is 7.15. The zero-order valence-electron chi connectivity index (χ0n) is 10.3. The molecule has 1 heterocycles. The number of rotatable bonds is 7. The summed E-state index contributed by atoms with van der Waals surface area (Å²) in [5.41, 5.74) is 0. The minimum absolute atomic E-state index is 0.162. The highest BCUT2D eigenvalue weighted by Gasteiger charge is 2.35. The molecule has 0 saturated heterocycles. The second-order valence-corrected chi connectivity index (χ2v) is 5.11. The highest BCUT2D eigenvalue weighted by atomic mass is 32.1. The second-order valence-electron chi connectivity index (χ2n) is 4.13. The lowest BCUT2D eigenvalue weighted by Crippen LogP contribution is -2.10. The third-order valence-electron chi connectivity index (χ3n) is 2.03. The standard InChI is InChI=1S/C10H16F3N3OS/c1-7(2)3-5-17-6-4-14-9-16-15-8(18-9)10(11,12)13/h7H,3-6H2,1-2H3,(H,14,16). The van der Waals surface area contributed by atoms with Crippen LogP contribution >= 0.6 is 11.3 Å². The molecule has 104 valence electrons. The third kappa shape index (κ3) is 5.63. The van der Waals surface area contributed by atoms with Crippen molar-refractivity contribution in [3.63, 3.8) is 0 Å². The first kappa shape index (κ1) is 15.2. The van der Waals surface area contributed by atoms with Crippen LogP contribution in [0.3, 0.4) is 0 Å². The summed E-state index contributed by atoms with van der Waals surface area (Å²) < 4.78 is 42.0. The van der Waals surface area contributed by atoms with Gasteiger partial charge in [-0.15, -0.1) is 10.2 Å². The van der Waals surface area contributed by atoms with E-state index in [1.807, 2.05) is 0 Å². The number of aromatic nitrogens is 2. The average molecular weight is 283 g/mol. The van der Waals surface area contributed by atoms with E-state index in [0.29, 0.717) is 37.0 Å². The predicted molar refractivity (Wildman–Crippen MR) is 63.7 cm³/mol. The van der Waals surface area contributed by atoms with Crippen LogP contribution < -0.4 is 5.32 Å². The summed E-state index contributed by atoms with van der Waals surface area (Å²) in [5.74, 6) is 0.579. The van der Waals surface area contributed by atoms with Crippen LogP contribution in [-0.2, 0) is 10.9 Å². The molecule has 0 amide bonds. The first-order chi connectivity index (χ1) is 8.39. The number of alkyl halides is 3. The maximum absolute atomic E-state index is 12.2. The van der Waals surface area contributed by atoms with Crippen LogP contribution in [0.5, 0.6) is 0 Å². The van der Waals surface area contributed by atoms with Gasteiger partial charge < -0.3 is 10.1 Å². The fourth-order valence-corrected chi connectivity index (χ4v) is 1.70. The van der Waals surface area contributed by atoms with Crippen LogP contribution in [0.1, 0.15) is 25.3 Å². The molecule has 0 bridgehead atoms. The number of halogens is 3. The van der Waals surface area contributed by atoms with Gasteiger partial charge in [-0.3, -0.25) is 0 Å². The minimum Gasteiger partial charge on any atom is -0.380 e. The van der Waals surface area contributed by atoms with Gasteiger partial charge in [0.25, 0.3) is 0 Å². The molecule has 1 N–H and O–H groups in total. The van der Waals surface area contributed by atoms with Gasteiger partial charge in [0.1, 0.15) is 0 Å². The van der Waals surface area contributed by atoms with Gasteiger partial charge in [-0.25, -0.2) is 0 Å². The molecule has 8 heteroatoms. The number of nitrogens with zero attached hydrogens (tertiary/aromatic N) is 2. The number of hydrogen-bond acceptors (Lipinski definition) is 5. The van der Waals surface area contributed by atoms with Gasteiger partial charge >= 0.3 is 6.18 Å². The van der Waals surface area contributed by atoms with Crippen molar-refractivity contribution in [1.82, 2.24) is 10.2 Å². The largest absolute Gasteiger partial charge is 0.445 e. The van der Waals surface area contributed by atoms with Crippen molar-refractivity contribution < 1.29 is 17.9 Å². The molecule has 0 atom stereocenters. The summed E-state index contributed by atoms with van der Waals surface area (Å²) in [7, 11) is 0. The number of anilines is 1. The molecule has 0 spiro atoms. The molecule has 0 aliphatic rings. The summed E-state index contributed by atoms with van der Waals surface area (Å²) in [5, 5.41) is 8.44. The lowest BCUT2D eigenvalue weighted by molar-refractivity contribution is -0.138. The molecule has 0 saturated carbocycles. The van der Waals surface area contributed by atoms with Gasteiger partial charge in [0.2, 0.25) is 10.1 Å². The molecular weight excluding hydrogens is 267 g/mol. The molecule has 1 rings (SSSR count). The molecule has 0 aliphatic carbocycles. The molecule has 0 unspecified atom stereocenters. The summed E-state index contributed by atoms with van der Waals surface area (Å²) in [6, 6.07) is 0. The Labute approximate surface area is 108 Å². The lowest BCUT2D eigenvalue weighted by atomic mass is 10.1. The van der Waals surface area contributed by atoms with E-state index in [9.17, 15) is 13.2 Å². The monoisotopic (exact) mass is 283 g/mol. The van der Waals surface area contributed by atoms with Crippen LogP contribution in [0.4, 0.5) is 18.3 Å². The van der Waals surface area contributed by atoms with Crippen molar-refractivity contribution in [2.45, 2.75) is 26.4 Å². The van der Waals surface area contributed by atoms with E-state index in [2.05, 4.69) is 29.4 Å². The lowest BCUT2D eigenvalue weighted by Gasteiger charge is -2.06. The van der Waals surface area contributed by atoms with E-state index < -0.39 is 11.2 Å². The van der Waals surface area contributed by atoms with Crippen LogP contribution in [0, 0.1) is 5.92 Å². The van der Waals surface area contributed by atoms with Gasteiger partial charge in [-0.05, 0) is 12.3 Å². The normalized spacial score (nSPS) is 12.1. The van der Waals surface area contributed by atoms with Gasteiger partial charge in [0.15, 0.2) is 0 Å². The van der Waals surface area contributed by atoms with E-state index in [-0.39, 0.29) is 5.13 Å². The van der Waals surface area contributed by atoms with Crippen molar-refractivity contribution in [2.75, 3.05) is 25.1 Å². The Morgan fingerprint density at radius 2 is 2.00 bits per heavy atom. The molecule has 0 aromatic carbocycles. The SMILES string of the molecule is CC(C)CCOCCNc1nnc(C(F)(F)F)s1. The Morgan fingerprint density at radius 1 is 1.28 bits per heavy atom. The fraction of sp³-hybridized carbons (Fsp3) is 0.800. The smallest absolute Gasteiger partial charge is 0.380 e. The maximum atomic E-state index is 12.2. The third-order valence-corrected chi connectivity index (χ3v) is 2.96. The van der Waals surface area contributed by atoms with Crippen molar-refractivity contribution in [1.29, 1.82) is 0 Å². The van der Waals surface area contributed by atoms with E-state index in [4.69, 9.17) is 4.74 Å². The van der Waals surface area contributed by atoms with Gasteiger partial charge in [-0.1, -0.05) is 25.2 Å². The Bertz CT molecular complexity index is 354. The Kier molecular flexibility index (Phi) is 5.80. The van der Waals surface area contributed by atoms with Crippen molar-refractivity contribution in [3.8, 4) is 0 Å². The quantitative estimate of drug-likeness (QED) is 0.781. The Morgan fingerprint density at radius 3 is 2.56 bits per heavy atom. The summed E-state index contributed by atoms with van der Waals surface area (Å²) >= 11 is 0.495. The number of hydrogen-bond donors (Lipinski definition) is 1. The van der Waals surface area contributed by atoms with Crippen LogP contribution in [0.15, 0.2) is 0 Å². The summed E-state index contributed by atoms with van der Waals surface area (Å²) in [6.07, 6.45) is -3.46. The molecule has 1 aromatic rings. The van der Waals surface area contributed by atoms with Crippen molar-refractivity contribution in [2.24, 2.45) is 5.92 Å². The molecule has 1 aromatic heterocycles. The Hall–Kier alpha value is -0.890. The van der Waals surface area contributed by atoms with Crippen LogP contribution in [-0.4, -0.2) is 30.0 Å². The van der Waals surface area contributed by atoms with E-state index >= 15 is 0 Å². The number of ether oxygens (including phenoxy) is 1. The van der Waals surface area contributed by atoms with Crippen molar-refractivity contribution >= 4 is 16.5 Å². The molecular formula is C10H16F3N3OS.